The zero-order valence-electron chi connectivity index (χ0n) is 15.3. The molecule has 1 fully saturated rings. The van der Waals surface area contributed by atoms with Crippen LogP contribution in [0.15, 0.2) is 52.5 Å². The summed E-state index contributed by atoms with van der Waals surface area (Å²) < 4.78 is 37.5. The van der Waals surface area contributed by atoms with Crippen molar-refractivity contribution in [1.29, 1.82) is 0 Å². The van der Waals surface area contributed by atoms with Crippen LogP contribution >= 0.6 is 11.8 Å². The summed E-state index contributed by atoms with van der Waals surface area (Å²) in [5.41, 5.74) is 0.309. The SMILES string of the molecule is COc1ccc(S(=O)(=O)N2CCOCC2)cc1NC(=O)CSc1ccccn1. The molecule has 10 heteroatoms. The fourth-order valence-electron chi connectivity index (χ4n) is 2.64. The standard InChI is InChI=1S/C18H21N3O5S2/c1-25-16-6-5-14(28(23,24)21-8-10-26-11-9-21)12-15(16)20-17(22)13-27-18-4-2-3-7-19-18/h2-7,12H,8-11,13H2,1H3,(H,20,22). The van der Waals surface area contributed by atoms with E-state index in [1.807, 2.05) is 12.1 Å². The summed E-state index contributed by atoms with van der Waals surface area (Å²) in [7, 11) is -2.21. The van der Waals surface area contributed by atoms with Crippen molar-refractivity contribution in [2.75, 3.05) is 44.5 Å². The van der Waals surface area contributed by atoms with E-state index in [1.54, 1.807) is 12.3 Å². The van der Waals surface area contributed by atoms with Crippen molar-refractivity contribution in [3.05, 3.63) is 42.6 Å². The molecule has 150 valence electrons. The lowest BCUT2D eigenvalue weighted by Gasteiger charge is -2.26. The number of benzene rings is 1. The lowest BCUT2D eigenvalue weighted by atomic mass is 10.3. The van der Waals surface area contributed by atoms with Gasteiger partial charge in [-0.2, -0.15) is 4.31 Å². The molecule has 2 aromatic rings. The summed E-state index contributed by atoms with van der Waals surface area (Å²) >= 11 is 1.29. The number of carbonyl (C=O) groups is 1. The van der Waals surface area contributed by atoms with Gasteiger partial charge in [-0.05, 0) is 30.3 Å². The summed E-state index contributed by atoms with van der Waals surface area (Å²) in [6.07, 6.45) is 1.66. The molecule has 0 unspecified atom stereocenters. The first kappa shape index (κ1) is 20.6. The number of ether oxygens (including phenoxy) is 2. The summed E-state index contributed by atoms with van der Waals surface area (Å²) in [5.74, 6) is 0.243. The second-order valence-electron chi connectivity index (χ2n) is 5.88. The highest BCUT2D eigenvalue weighted by Crippen LogP contribution is 2.29. The van der Waals surface area contributed by atoms with Crippen LogP contribution in [0.3, 0.4) is 0 Å². The second kappa shape index (κ2) is 9.37. The van der Waals surface area contributed by atoms with E-state index in [0.29, 0.717) is 37.7 Å². The van der Waals surface area contributed by atoms with Crippen LogP contribution in [0, 0.1) is 0 Å². The largest absolute Gasteiger partial charge is 0.495 e. The van der Waals surface area contributed by atoms with Crippen molar-refractivity contribution in [2.45, 2.75) is 9.92 Å². The predicted molar refractivity (Wildman–Crippen MR) is 106 cm³/mol. The van der Waals surface area contributed by atoms with Gasteiger partial charge in [0.25, 0.3) is 0 Å². The molecular weight excluding hydrogens is 402 g/mol. The summed E-state index contributed by atoms with van der Waals surface area (Å²) in [5, 5.41) is 3.46. The van der Waals surface area contributed by atoms with Crippen LogP contribution in [-0.2, 0) is 19.6 Å². The van der Waals surface area contributed by atoms with Crippen molar-refractivity contribution in [2.24, 2.45) is 0 Å². The normalized spacial score (nSPS) is 15.2. The van der Waals surface area contributed by atoms with Crippen molar-refractivity contribution in [3.63, 3.8) is 0 Å². The van der Waals surface area contributed by atoms with Crippen LogP contribution in [0.2, 0.25) is 0 Å². The molecule has 1 aromatic heterocycles. The lowest BCUT2D eigenvalue weighted by Crippen LogP contribution is -2.40. The third-order valence-corrected chi connectivity index (χ3v) is 6.88. The number of morpholine rings is 1. The van der Waals surface area contributed by atoms with Gasteiger partial charge in [-0.25, -0.2) is 13.4 Å². The molecule has 1 saturated heterocycles. The minimum Gasteiger partial charge on any atom is -0.495 e. The maximum Gasteiger partial charge on any atom is 0.243 e. The van der Waals surface area contributed by atoms with Gasteiger partial charge in [-0.15, -0.1) is 0 Å². The Kier molecular flexibility index (Phi) is 6.89. The van der Waals surface area contributed by atoms with Gasteiger partial charge < -0.3 is 14.8 Å². The van der Waals surface area contributed by atoms with E-state index in [0.717, 1.165) is 5.03 Å². The van der Waals surface area contributed by atoms with Crippen LogP contribution < -0.4 is 10.1 Å². The first-order chi connectivity index (χ1) is 13.5. The van der Waals surface area contributed by atoms with E-state index in [-0.39, 0.29) is 16.6 Å². The minimum absolute atomic E-state index is 0.0999. The quantitative estimate of drug-likeness (QED) is 0.679. The van der Waals surface area contributed by atoms with Crippen molar-refractivity contribution in [1.82, 2.24) is 9.29 Å². The summed E-state index contributed by atoms with van der Waals surface area (Å²) in [4.78, 5) is 16.6. The van der Waals surface area contributed by atoms with Crippen molar-refractivity contribution in [3.8, 4) is 5.75 Å². The summed E-state index contributed by atoms with van der Waals surface area (Å²) in [6.45, 7) is 1.33. The Hall–Kier alpha value is -2.14. The fourth-order valence-corrected chi connectivity index (χ4v) is 4.74. The monoisotopic (exact) mass is 423 g/mol. The van der Waals surface area contributed by atoms with Gasteiger partial charge in [-0.1, -0.05) is 17.8 Å². The molecule has 1 aromatic carbocycles. The number of pyridine rings is 1. The average molecular weight is 424 g/mol. The van der Waals surface area contributed by atoms with E-state index < -0.39 is 10.0 Å². The molecule has 0 atom stereocenters. The lowest BCUT2D eigenvalue weighted by molar-refractivity contribution is -0.113. The molecule has 8 nitrogen and oxygen atoms in total. The van der Waals surface area contributed by atoms with E-state index in [9.17, 15) is 13.2 Å². The maximum atomic E-state index is 12.8. The van der Waals surface area contributed by atoms with E-state index in [2.05, 4.69) is 10.3 Å². The first-order valence-electron chi connectivity index (χ1n) is 8.60. The van der Waals surface area contributed by atoms with E-state index >= 15 is 0 Å². The van der Waals surface area contributed by atoms with Crippen LogP contribution in [-0.4, -0.2) is 62.8 Å². The molecule has 1 aliphatic heterocycles. The second-order valence-corrected chi connectivity index (χ2v) is 8.82. The molecule has 1 aliphatic rings. The molecule has 0 spiro atoms. The number of amides is 1. The number of rotatable bonds is 7. The smallest absolute Gasteiger partial charge is 0.243 e. The van der Waals surface area contributed by atoms with E-state index in [1.165, 1.54) is 41.4 Å². The number of hydrogen-bond donors (Lipinski definition) is 1. The number of thioether (sulfide) groups is 1. The molecule has 28 heavy (non-hydrogen) atoms. The van der Waals surface area contributed by atoms with Crippen LogP contribution in [0.25, 0.3) is 0 Å². The van der Waals surface area contributed by atoms with Gasteiger partial charge in [0.15, 0.2) is 0 Å². The zero-order valence-corrected chi connectivity index (χ0v) is 17.0. The van der Waals surface area contributed by atoms with Crippen LogP contribution in [0.4, 0.5) is 5.69 Å². The molecular formula is C18H21N3O5S2. The topological polar surface area (TPSA) is 97.8 Å². The average Bonchev–Trinajstić information content (AvgIpc) is 2.73. The Morgan fingerprint density at radius 1 is 1.29 bits per heavy atom. The molecule has 1 N–H and O–H groups in total. The fraction of sp³-hybridized carbons (Fsp3) is 0.333. The number of aromatic nitrogens is 1. The first-order valence-corrected chi connectivity index (χ1v) is 11.0. The van der Waals surface area contributed by atoms with Crippen LogP contribution in [0.1, 0.15) is 0 Å². The molecule has 0 saturated carbocycles. The molecule has 0 radical (unpaired) electrons. The number of methoxy groups -OCH3 is 1. The van der Waals surface area contributed by atoms with Gasteiger partial charge in [0.05, 0.1) is 41.7 Å². The third-order valence-electron chi connectivity index (χ3n) is 4.04. The summed E-state index contributed by atoms with van der Waals surface area (Å²) in [6, 6.07) is 9.89. The number of carbonyl (C=O) groups excluding carboxylic acids is 1. The Morgan fingerprint density at radius 2 is 2.07 bits per heavy atom. The highest BCUT2D eigenvalue weighted by molar-refractivity contribution is 7.99. The van der Waals surface area contributed by atoms with Crippen molar-refractivity contribution >= 4 is 33.4 Å². The van der Waals surface area contributed by atoms with Crippen molar-refractivity contribution < 1.29 is 22.7 Å². The molecule has 0 bridgehead atoms. The Balaban J connectivity index is 1.74. The van der Waals surface area contributed by atoms with Gasteiger partial charge in [-0.3, -0.25) is 4.79 Å². The van der Waals surface area contributed by atoms with Gasteiger partial charge in [0.1, 0.15) is 5.75 Å². The predicted octanol–water partition coefficient (Wildman–Crippen LogP) is 1.84. The molecule has 1 amide bonds. The van der Waals surface area contributed by atoms with Gasteiger partial charge in [0, 0.05) is 19.3 Å². The molecule has 3 rings (SSSR count). The maximum absolute atomic E-state index is 12.8. The number of nitrogens with zero attached hydrogens (tertiary/aromatic N) is 2. The van der Waals surface area contributed by atoms with Crippen LogP contribution in [0.5, 0.6) is 5.75 Å². The third kappa shape index (κ3) is 5.02. The number of anilines is 1. The number of nitrogens with one attached hydrogen (secondary N) is 1. The van der Waals surface area contributed by atoms with Gasteiger partial charge in [0.2, 0.25) is 15.9 Å². The van der Waals surface area contributed by atoms with Gasteiger partial charge >= 0.3 is 0 Å². The number of sulfonamides is 1. The Labute approximate surface area is 168 Å². The number of hydrogen-bond acceptors (Lipinski definition) is 7. The highest BCUT2D eigenvalue weighted by Gasteiger charge is 2.27. The zero-order chi connectivity index (χ0) is 20.0. The minimum atomic E-state index is -3.67. The Bertz CT molecular complexity index is 916. The van der Waals surface area contributed by atoms with E-state index in [4.69, 9.17) is 9.47 Å². The Morgan fingerprint density at radius 3 is 2.75 bits per heavy atom. The highest BCUT2D eigenvalue weighted by atomic mass is 32.2. The molecule has 0 aliphatic carbocycles. The molecule has 2 heterocycles.